The smallest absolute Gasteiger partial charge is 0.220 e. The number of amides is 1. The van der Waals surface area contributed by atoms with Crippen LogP contribution in [-0.2, 0) is 17.6 Å². The van der Waals surface area contributed by atoms with Gasteiger partial charge in [0.1, 0.15) is 5.75 Å². The van der Waals surface area contributed by atoms with Gasteiger partial charge < -0.3 is 15.5 Å². The molecule has 2 aromatic carbocycles. The molecule has 22 heavy (non-hydrogen) atoms. The summed E-state index contributed by atoms with van der Waals surface area (Å²) < 4.78 is 0. The molecule has 0 saturated carbocycles. The number of hydrogen-bond donors (Lipinski definition) is 3. The molecular formula is C18H21NO3. The summed E-state index contributed by atoms with van der Waals surface area (Å²) in [6, 6.07) is 16.3. The van der Waals surface area contributed by atoms with Gasteiger partial charge in [0.2, 0.25) is 5.91 Å². The van der Waals surface area contributed by atoms with Crippen LogP contribution in [0.2, 0.25) is 0 Å². The molecule has 0 aliphatic heterocycles. The van der Waals surface area contributed by atoms with Crippen molar-refractivity contribution >= 4 is 5.91 Å². The molecule has 0 heterocycles. The third-order valence-corrected chi connectivity index (χ3v) is 3.49. The molecule has 0 radical (unpaired) electrons. The highest BCUT2D eigenvalue weighted by molar-refractivity contribution is 5.76. The fourth-order valence-corrected chi connectivity index (χ4v) is 2.28. The minimum atomic E-state index is -0.269. The van der Waals surface area contributed by atoms with Gasteiger partial charge in [-0.15, -0.1) is 0 Å². The molecule has 0 fully saturated rings. The molecule has 1 unspecified atom stereocenters. The van der Waals surface area contributed by atoms with Gasteiger partial charge in [-0.2, -0.15) is 0 Å². The lowest BCUT2D eigenvalue weighted by Gasteiger charge is -2.16. The van der Waals surface area contributed by atoms with Crippen LogP contribution in [0.25, 0.3) is 0 Å². The Morgan fingerprint density at radius 3 is 2.32 bits per heavy atom. The number of aryl methyl sites for hydroxylation is 1. The number of hydrogen-bond acceptors (Lipinski definition) is 3. The number of benzene rings is 2. The summed E-state index contributed by atoms with van der Waals surface area (Å²) >= 11 is 0. The first-order valence-corrected chi connectivity index (χ1v) is 7.39. The molecule has 1 amide bonds. The summed E-state index contributed by atoms with van der Waals surface area (Å²) in [5.74, 6) is 0.138. The highest BCUT2D eigenvalue weighted by Gasteiger charge is 2.12. The van der Waals surface area contributed by atoms with Crippen LogP contribution < -0.4 is 5.32 Å². The van der Waals surface area contributed by atoms with Crippen LogP contribution in [0.15, 0.2) is 54.6 Å². The number of aliphatic hydroxyl groups excluding tert-OH is 1. The molecule has 2 aromatic rings. The molecule has 2 rings (SSSR count). The minimum absolute atomic E-state index is 0.0805. The van der Waals surface area contributed by atoms with Crippen molar-refractivity contribution in [3.63, 3.8) is 0 Å². The molecule has 0 aromatic heterocycles. The second-order valence-electron chi connectivity index (χ2n) is 5.30. The second-order valence-corrected chi connectivity index (χ2v) is 5.30. The minimum Gasteiger partial charge on any atom is -0.508 e. The largest absolute Gasteiger partial charge is 0.508 e. The van der Waals surface area contributed by atoms with Crippen molar-refractivity contribution in [2.75, 3.05) is 6.61 Å². The van der Waals surface area contributed by atoms with Gasteiger partial charge in [-0.3, -0.25) is 4.79 Å². The van der Waals surface area contributed by atoms with Gasteiger partial charge in [0.15, 0.2) is 0 Å². The van der Waals surface area contributed by atoms with Crippen LogP contribution in [0, 0.1) is 0 Å². The van der Waals surface area contributed by atoms with E-state index in [1.54, 1.807) is 24.3 Å². The standard InChI is InChI=1S/C18H21NO3/c20-13-16(12-15-4-2-1-3-5-15)19-18(22)11-8-14-6-9-17(21)10-7-14/h1-7,9-10,16,20-21H,8,11-13H2,(H,19,22). The molecule has 0 saturated heterocycles. The van der Waals surface area contributed by atoms with Crippen molar-refractivity contribution in [3.8, 4) is 5.75 Å². The van der Waals surface area contributed by atoms with Crippen molar-refractivity contribution in [1.29, 1.82) is 0 Å². The zero-order valence-electron chi connectivity index (χ0n) is 12.4. The number of carbonyl (C=O) groups is 1. The average molecular weight is 299 g/mol. The maximum absolute atomic E-state index is 12.0. The Morgan fingerprint density at radius 2 is 1.68 bits per heavy atom. The molecule has 0 spiro atoms. The third kappa shape index (κ3) is 5.22. The molecule has 0 bridgehead atoms. The fraction of sp³-hybridized carbons (Fsp3) is 0.278. The lowest BCUT2D eigenvalue weighted by molar-refractivity contribution is -0.122. The van der Waals surface area contributed by atoms with E-state index in [2.05, 4.69) is 5.32 Å². The number of rotatable bonds is 7. The predicted octanol–water partition coefficient (Wildman–Crippen LogP) is 2.04. The Kier molecular flexibility index (Phi) is 5.98. The Morgan fingerprint density at radius 1 is 1.00 bits per heavy atom. The zero-order chi connectivity index (χ0) is 15.8. The summed E-state index contributed by atoms with van der Waals surface area (Å²) in [4.78, 5) is 12.0. The van der Waals surface area contributed by atoms with Crippen LogP contribution in [-0.4, -0.2) is 28.8 Å². The summed E-state index contributed by atoms with van der Waals surface area (Å²) in [6.45, 7) is -0.0835. The van der Waals surface area contributed by atoms with E-state index >= 15 is 0 Å². The Hall–Kier alpha value is -2.33. The molecule has 116 valence electrons. The topological polar surface area (TPSA) is 69.6 Å². The third-order valence-electron chi connectivity index (χ3n) is 3.49. The number of phenolic OH excluding ortho intramolecular Hbond substituents is 1. The monoisotopic (exact) mass is 299 g/mol. The maximum atomic E-state index is 12.0. The number of aliphatic hydroxyl groups is 1. The average Bonchev–Trinajstić information content (AvgIpc) is 2.54. The SMILES string of the molecule is O=C(CCc1ccc(O)cc1)NC(CO)Cc1ccccc1. The van der Waals surface area contributed by atoms with Gasteiger partial charge >= 0.3 is 0 Å². The highest BCUT2D eigenvalue weighted by Crippen LogP contribution is 2.11. The Balaban J connectivity index is 1.80. The molecule has 4 heteroatoms. The maximum Gasteiger partial charge on any atom is 0.220 e. The van der Waals surface area contributed by atoms with Crippen LogP contribution in [0.1, 0.15) is 17.5 Å². The van der Waals surface area contributed by atoms with E-state index in [0.29, 0.717) is 19.3 Å². The first-order valence-electron chi connectivity index (χ1n) is 7.39. The van der Waals surface area contributed by atoms with E-state index in [1.807, 2.05) is 30.3 Å². The molecule has 4 nitrogen and oxygen atoms in total. The van der Waals surface area contributed by atoms with Crippen LogP contribution in [0.4, 0.5) is 0 Å². The lowest BCUT2D eigenvalue weighted by Crippen LogP contribution is -2.39. The summed E-state index contributed by atoms with van der Waals surface area (Å²) in [7, 11) is 0. The van der Waals surface area contributed by atoms with E-state index in [0.717, 1.165) is 11.1 Å². The zero-order valence-corrected chi connectivity index (χ0v) is 12.4. The first-order chi connectivity index (χ1) is 10.7. The van der Waals surface area contributed by atoms with E-state index in [1.165, 1.54) is 0 Å². The number of phenols is 1. The van der Waals surface area contributed by atoms with E-state index in [9.17, 15) is 15.0 Å². The van der Waals surface area contributed by atoms with Crippen molar-refractivity contribution in [1.82, 2.24) is 5.32 Å². The number of carbonyl (C=O) groups excluding carboxylic acids is 1. The summed E-state index contributed by atoms with van der Waals surface area (Å²) in [6.07, 6.45) is 1.58. The highest BCUT2D eigenvalue weighted by atomic mass is 16.3. The van der Waals surface area contributed by atoms with Gasteiger partial charge in [-0.1, -0.05) is 42.5 Å². The Labute approximate surface area is 130 Å². The van der Waals surface area contributed by atoms with Gasteiger partial charge in [0.05, 0.1) is 12.6 Å². The summed E-state index contributed by atoms with van der Waals surface area (Å²) in [5, 5.41) is 21.5. The molecule has 0 aliphatic rings. The van der Waals surface area contributed by atoms with Crippen LogP contribution in [0.5, 0.6) is 5.75 Å². The molecular weight excluding hydrogens is 278 g/mol. The molecule has 0 aliphatic carbocycles. The van der Waals surface area contributed by atoms with Crippen LogP contribution >= 0.6 is 0 Å². The normalized spacial score (nSPS) is 11.9. The number of aromatic hydroxyl groups is 1. The molecule has 1 atom stereocenters. The molecule has 3 N–H and O–H groups in total. The van der Waals surface area contributed by atoms with E-state index in [-0.39, 0.29) is 24.3 Å². The van der Waals surface area contributed by atoms with Gasteiger partial charge in [0.25, 0.3) is 0 Å². The van der Waals surface area contributed by atoms with E-state index < -0.39 is 0 Å². The first kappa shape index (κ1) is 16.0. The Bertz CT molecular complexity index is 581. The summed E-state index contributed by atoms with van der Waals surface area (Å²) in [5.41, 5.74) is 2.08. The van der Waals surface area contributed by atoms with Gasteiger partial charge in [-0.05, 0) is 36.1 Å². The van der Waals surface area contributed by atoms with E-state index in [4.69, 9.17) is 0 Å². The lowest BCUT2D eigenvalue weighted by atomic mass is 10.1. The fourth-order valence-electron chi connectivity index (χ4n) is 2.28. The van der Waals surface area contributed by atoms with Crippen molar-refractivity contribution in [2.24, 2.45) is 0 Å². The van der Waals surface area contributed by atoms with Crippen molar-refractivity contribution < 1.29 is 15.0 Å². The van der Waals surface area contributed by atoms with Crippen LogP contribution in [0.3, 0.4) is 0 Å². The number of nitrogens with one attached hydrogen (secondary N) is 1. The van der Waals surface area contributed by atoms with Gasteiger partial charge in [-0.25, -0.2) is 0 Å². The predicted molar refractivity (Wildman–Crippen MR) is 85.6 cm³/mol. The van der Waals surface area contributed by atoms with Crippen molar-refractivity contribution in [3.05, 3.63) is 65.7 Å². The second kappa shape index (κ2) is 8.20. The van der Waals surface area contributed by atoms with Crippen molar-refractivity contribution in [2.45, 2.75) is 25.3 Å². The quantitative estimate of drug-likeness (QED) is 0.733. The van der Waals surface area contributed by atoms with Gasteiger partial charge in [0, 0.05) is 6.42 Å².